The molecule has 1 amide bonds. The molecule has 0 saturated carbocycles. The first-order valence-electron chi connectivity index (χ1n) is 10.0. The first-order valence-corrected chi connectivity index (χ1v) is 11.9. The van der Waals surface area contributed by atoms with E-state index in [1.54, 1.807) is 0 Å². The highest BCUT2D eigenvalue weighted by atomic mass is 32.2. The number of nitrogens with zero attached hydrogens (tertiary/aromatic N) is 4. The molecule has 0 fully saturated rings. The summed E-state index contributed by atoms with van der Waals surface area (Å²) >= 11 is 2.73. The number of hydrogen-bond acceptors (Lipinski definition) is 7. The quantitative estimate of drug-likeness (QED) is 0.374. The highest BCUT2D eigenvalue weighted by molar-refractivity contribution is 7.99. The van der Waals surface area contributed by atoms with Crippen LogP contribution in [0.25, 0.3) is 11.3 Å². The van der Waals surface area contributed by atoms with Crippen molar-refractivity contribution < 1.29 is 9.53 Å². The SMILES string of the molecule is Cc1cccc(OCc2nnc(SCC(=O)Nc3nc(-c4ccccc4)cs3)n2C)c1C. The Morgan fingerprint density at radius 1 is 1.12 bits per heavy atom. The molecule has 32 heavy (non-hydrogen) atoms. The fraction of sp³-hybridized carbons (Fsp3) is 0.217. The number of rotatable bonds is 8. The van der Waals surface area contributed by atoms with Gasteiger partial charge in [-0.2, -0.15) is 0 Å². The molecule has 4 rings (SSSR count). The van der Waals surface area contributed by atoms with Gasteiger partial charge in [0, 0.05) is 18.0 Å². The van der Waals surface area contributed by atoms with Gasteiger partial charge in [0.05, 0.1) is 11.4 Å². The zero-order chi connectivity index (χ0) is 22.5. The van der Waals surface area contributed by atoms with Gasteiger partial charge >= 0.3 is 0 Å². The zero-order valence-electron chi connectivity index (χ0n) is 18.0. The van der Waals surface area contributed by atoms with Gasteiger partial charge < -0.3 is 14.6 Å². The Kier molecular flexibility index (Phi) is 6.87. The van der Waals surface area contributed by atoms with Gasteiger partial charge in [0.2, 0.25) is 5.91 Å². The van der Waals surface area contributed by atoms with Gasteiger partial charge in [-0.25, -0.2) is 4.98 Å². The van der Waals surface area contributed by atoms with Crippen molar-refractivity contribution in [2.75, 3.05) is 11.1 Å². The van der Waals surface area contributed by atoms with Crippen LogP contribution in [-0.2, 0) is 18.4 Å². The third-order valence-electron chi connectivity index (χ3n) is 4.99. The van der Waals surface area contributed by atoms with Gasteiger partial charge in [0.1, 0.15) is 12.4 Å². The molecular formula is C23H23N5O2S2. The van der Waals surface area contributed by atoms with Crippen LogP contribution in [0.1, 0.15) is 17.0 Å². The lowest BCUT2D eigenvalue weighted by Gasteiger charge is -2.10. The van der Waals surface area contributed by atoms with Crippen LogP contribution in [-0.4, -0.2) is 31.4 Å². The molecule has 9 heteroatoms. The van der Waals surface area contributed by atoms with Crippen LogP contribution < -0.4 is 10.1 Å². The van der Waals surface area contributed by atoms with E-state index in [2.05, 4.69) is 33.5 Å². The number of carbonyl (C=O) groups is 1. The molecule has 1 N–H and O–H groups in total. The molecule has 0 atom stereocenters. The van der Waals surface area contributed by atoms with Crippen molar-refractivity contribution in [1.82, 2.24) is 19.7 Å². The lowest BCUT2D eigenvalue weighted by molar-refractivity contribution is -0.113. The predicted molar refractivity (Wildman–Crippen MR) is 128 cm³/mol. The maximum absolute atomic E-state index is 12.4. The second-order valence-corrected chi connectivity index (χ2v) is 8.99. The maximum Gasteiger partial charge on any atom is 0.236 e. The van der Waals surface area contributed by atoms with Crippen molar-refractivity contribution in [2.24, 2.45) is 7.05 Å². The van der Waals surface area contributed by atoms with E-state index in [0.717, 1.165) is 22.6 Å². The summed E-state index contributed by atoms with van der Waals surface area (Å²) in [7, 11) is 1.87. The van der Waals surface area contributed by atoms with E-state index in [9.17, 15) is 4.79 Å². The number of hydrogen-bond donors (Lipinski definition) is 1. The summed E-state index contributed by atoms with van der Waals surface area (Å²) in [5.41, 5.74) is 4.16. The summed E-state index contributed by atoms with van der Waals surface area (Å²) in [6.45, 7) is 4.40. The molecule has 0 aliphatic rings. The first kappa shape index (κ1) is 22.0. The van der Waals surface area contributed by atoms with Gasteiger partial charge in [-0.05, 0) is 31.0 Å². The van der Waals surface area contributed by atoms with E-state index in [0.29, 0.717) is 22.7 Å². The Hall–Kier alpha value is -3.17. The zero-order valence-corrected chi connectivity index (χ0v) is 19.7. The second kappa shape index (κ2) is 9.97. The van der Waals surface area contributed by atoms with Gasteiger partial charge in [-0.1, -0.05) is 54.2 Å². The normalized spacial score (nSPS) is 10.8. The van der Waals surface area contributed by atoms with Crippen LogP contribution in [0.15, 0.2) is 59.1 Å². The minimum Gasteiger partial charge on any atom is -0.485 e. The predicted octanol–water partition coefficient (Wildman–Crippen LogP) is 4.87. The molecule has 0 aliphatic heterocycles. The minimum absolute atomic E-state index is 0.139. The lowest BCUT2D eigenvalue weighted by Crippen LogP contribution is -2.14. The number of ether oxygens (including phenoxy) is 1. The number of nitrogens with one attached hydrogen (secondary N) is 1. The average molecular weight is 466 g/mol. The van der Waals surface area contributed by atoms with Crippen LogP contribution in [0.3, 0.4) is 0 Å². The Labute approximate surface area is 194 Å². The molecule has 0 spiro atoms. The number of amides is 1. The summed E-state index contributed by atoms with van der Waals surface area (Å²) < 4.78 is 7.77. The van der Waals surface area contributed by atoms with Crippen LogP contribution in [0, 0.1) is 13.8 Å². The molecule has 164 valence electrons. The van der Waals surface area contributed by atoms with Crippen molar-refractivity contribution in [3.05, 3.63) is 70.9 Å². The molecule has 7 nitrogen and oxygen atoms in total. The van der Waals surface area contributed by atoms with Crippen LogP contribution in [0.4, 0.5) is 5.13 Å². The second-order valence-electron chi connectivity index (χ2n) is 7.19. The summed E-state index contributed by atoms with van der Waals surface area (Å²) in [4.78, 5) is 16.9. The molecule has 0 unspecified atom stereocenters. The number of thioether (sulfide) groups is 1. The third-order valence-corrected chi connectivity index (χ3v) is 6.77. The Morgan fingerprint density at radius 3 is 2.75 bits per heavy atom. The summed E-state index contributed by atoms with van der Waals surface area (Å²) in [6, 6.07) is 15.8. The number of benzene rings is 2. The average Bonchev–Trinajstić information content (AvgIpc) is 3.40. The van der Waals surface area contributed by atoms with E-state index in [4.69, 9.17) is 4.74 Å². The number of aromatic nitrogens is 4. The monoisotopic (exact) mass is 465 g/mol. The Bertz CT molecular complexity index is 1220. The molecule has 4 aromatic rings. The first-order chi connectivity index (χ1) is 15.5. The van der Waals surface area contributed by atoms with Crippen LogP contribution in [0.5, 0.6) is 5.75 Å². The molecule has 0 aliphatic carbocycles. The summed E-state index contributed by atoms with van der Waals surface area (Å²) in [6.07, 6.45) is 0. The standard InChI is InChI=1S/C23H23N5O2S2/c1-15-8-7-11-19(16(15)2)30-12-20-26-27-23(28(20)3)32-14-21(29)25-22-24-18(13-31-22)17-9-5-4-6-10-17/h4-11,13H,12,14H2,1-3H3,(H,24,25,29). The van der Waals surface area contributed by atoms with Gasteiger partial charge in [0.25, 0.3) is 0 Å². The summed E-state index contributed by atoms with van der Waals surface area (Å²) in [5.74, 6) is 1.60. The van der Waals surface area contributed by atoms with Crippen molar-refractivity contribution in [3.63, 3.8) is 0 Å². The van der Waals surface area contributed by atoms with Crippen molar-refractivity contribution in [1.29, 1.82) is 0 Å². The van der Waals surface area contributed by atoms with Gasteiger partial charge in [-0.15, -0.1) is 21.5 Å². The van der Waals surface area contributed by atoms with Crippen molar-refractivity contribution in [2.45, 2.75) is 25.6 Å². The maximum atomic E-state index is 12.4. The Balaban J connectivity index is 1.30. The number of anilines is 1. The van der Waals surface area contributed by atoms with E-state index < -0.39 is 0 Å². The van der Waals surface area contributed by atoms with Crippen LogP contribution in [0.2, 0.25) is 0 Å². The molecule has 0 saturated heterocycles. The van der Waals surface area contributed by atoms with Gasteiger partial charge in [0.15, 0.2) is 16.1 Å². The molecular weight excluding hydrogens is 442 g/mol. The lowest BCUT2D eigenvalue weighted by atomic mass is 10.1. The Morgan fingerprint density at radius 2 is 1.94 bits per heavy atom. The highest BCUT2D eigenvalue weighted by Crippen LogP contribution is 2.25. The molecule has 2 aromatic heterocycles. The number of aryl methyl sites for hydroxylation is 1. The van der Waals surface area contributed by atoms with Crippen molar-refractivity contribution in [3.8, 4) is 17.0 Å². The third kappa shape index (κ3) is 5.17. The van der Waals surface area contributed by atoms with E-state index in [1.807, 2.05) is 66.4 Å². The largest absolute Gasteiger partial charge is 0.485 e. The molecule has 2 aromatic carbocycles. The fourth-order valence-corrected chi connectivity index (χ4v) is 4.44. The van der Waals surface area contributed by atoms with Gasteiger partial charge in [-0.3, -0.25) is 4.79 Å². The smallest absolute Gasteiger partial charge is 0.236 e. The topological polar surface area (TPSA) is 81.9 Å². The minimum atomic E-state index is -0.139. The molecule has 0 radical (unpaired) electrons. The fourth-order valence-electron chi connectivity index (χ4n) is 2.98. The van der Waals surface area contributed by atoms with Crippen molar-refractivity contribution >= 4 is 34.1 Å². The van der Waals surface area contributed by atoms with E-state index in [1.165, 1.54) is 28.7 Å². The summed E-state index contributed by atoms with van der Waals surface area (Å²) in [5, 5.41) is 14.4. The molecule has 2 heterocycles. The number of thiazole rings is 1. The molecule has 0 bridgehead atoms. The van der Waals surface area contributed by atoms with E-state index in [-0.39, 0.29) is 11.7 Å². The van der Waals surface area contributed by atoms with E-state index >= 15 is 0 Å². The highest BCUT2D eigenvalue weighted by Gasteiger charge is 2.14. The number of carbonyl (C=O) groups excluding carboxylic acids is 1. The van der Waals surface area contributed by atoms with Crippen LogP contribution >= 0.6 is 23.1 Å².